The van der Waals surface area contributed by atoms with Gasteiger partial charge in [0.2, 0.25) is 27.3 Å². The molecular formula is C14H14BrClFNO5S. The summed E-state index contributed by atoms with van der Waals surface area (Å²) in [5.74, 6) is -3.14. The van der Waals surface area contributed by atoms with Gasteiger partial charge in [-0.3, -0.25) is 9.52 Å². The average Bonchev–Trinajstić information content (AvgIpc) is 2.69. The Balaban J connectivity index is 2.32. The Hall–Kier alpha value is -1.32. The zero-order chi connectivity index (χ0) is 18.1. The van der Waals surface area contributed by atoms with Crippen molar-refractivity contribution in [1.82, 2.24) is 4.72 Å². The number of halogens is 3. The van der Waals surface area contributed by atoms with Crippen molar-refractivity contribution >= 4 is 43.3 Å². The summed E-state index contributed by atoms with van der Waals surface area (Å²) in [5, 5.41) is 10.3. The van der Waals surface area contributed by atoms with Crippen LogP contribution in [0.25, 0.3) is 0 Å². The number of nitrogens with one attached hydrogen (secondary N) is 1. The molecule has 6 nitrogen and oxygen atoms in total. The molecule has 24 heavy (non-hydrogen) atoms. The molecule has 1 atom stereocenters. The number of aliphatic hydroxyl groups excluding tert-OH is 1. The maximum Gasteiger partial charge on any atom is 0.250 e. The molecule has 1 aliphatic rings. The van der Waals surface area contributed by atoms with Crippen molar-refractivity contribution in [2.24, 2.45) is 0 Å². The first-order valence-corrected chi connectivity index (χ1v) is 9.95. The molecular weight excluding hydrogens is 429 g/mol. The van der Waals surface area contributed by atoms with E-state index in [0.717, 1.165) is 12.1 Å². The number of benzene rings is 1. The zero-order valence-electron chi connectivity index (χ0n) is 12.5. The highest BCUT2D eigenvalue weighted by atomic mass is 79.9. The highest BCUT2D eigenvalue weighted by Gasteiger charge is 2.49. The molecule has 0 saturated carbocycles. The van der Waals surface area contributed by atoms with Gasteiger partial charge >= 0.3 is 0 Å². The van der Waals surface area contributed by atoms with Crippen LogP contribution < -0.4 is 4.72 Å². The van der Waals surface area contributed by atoms with Gasteiger partial charge in [0.25, 0.3) is 5.78 Å². The summed E-state index contributed by atoms with van der Waals surface area (Å²) in [5.41, 5.74) is -1.65. The maximum atomic E-state index is 13.2. The highest BCUT2D eigenvalue weighted by molar-refractivity contribution is 9.09. The molecule has 10 heteroatoms. The Bertz CT molecular complexity index is 813. The number of alkyl halides is 1. The summed E-state index contributed by atoms with van der Waals surface area (Å²) in [6.07, 6.45) is 0.332. The van der Waals surface area contributed by atoms with E-state index in [9.17, 15) is 22.7 Å². The number of rotatable bonds is 6. The van der Waals surface area contributed by atoms with Crippen LogP contribution >= 0.6 is 27.5 Å². The topological polar surface area (TPSA) is 92.7 Å². The summed E-state index contributed by atoms with van der Waals surface area (Å²) < 4.78 is 44.4. The van der Waals surface area contributed by atoms with Gasteiger partial charge < -0.3 is 9.84 Å². The van der Waals surface area contributed by atoms with Gasteiger partial charge in [-0.05, 0) is 25.5 Å². The molecule has 1 heterocycles. The number of carbonyl (C=O) groups excluding carboxylic acids is 1. The van der Waals surface area contributed by atoms with E-state index < -0.39 is 38.9 Å². The molecule has 1 aromatic carbocycles. The van der Waals surface area contributed by atoms with Gasteiger partial charge in [-0.2, -0.15) is 0 Å². The van der Waals surface area contributed by atoms with E-state index in [1.807, 2.05) is 4.72 Å². The van der Waals surface area contributed by atoms with Crippen molar-refractivity contribution in [3.63, 3.8) is 0 Å². The SMILES string of the molecule is CC1(c2ccc(F)cc2Cl)OC(NS(=O)(=O)CCCBr)=C(O)C1=O. The van der Waals surface area contributed by atoms with E-state index in [1.165, 1.54) is 13.0 Å². The number of ketones is 1. The number of hydrogen-bond donors (Lipinski definition) is 2. The zero-order valence-corrected chi connectivity index (χ0v) is 15.6. The number of aliphatic hydroxyl groups is 1. The lowest BCUT2D eigenvalue weighted by Gasteiger charge is -2.24. The van der Waals surface area contributed by atoms with Crippen molar-refractivity contribution in [3.05, 3.63) is 46.2 Å². The Morgan fingerprint density at radius 1 is 1.46 bits per heavy atom. The molecule has 0 aromatic heterocycles. The molecule has 1 aromatic rings. The van der Waals surface area contributed by atoms with Crippen LogP contribution in [0.2, 0.25) is 5.02 Å². The number of Topliss-reactive ketones (excluding diaryl/α,β-unsaturated/α-hetero) is 1. The number of sulfonamides is 1. The first kappa shape index (κ1) is 19.0. The molecule has 0 aliphatic carbocycles. The first-order valence-electron chi connectivity index (χ1n) is 6.80. The van der Waals surface area contributed by atoms with E-state index >= 15 is 0 Å². The second kappa shape index (κ2) is 6.89. The number of ether oxygens (including phenoxy) is 1. The second-order valence-corrected chi connectivity index (χ2v) is 8.27. The standard InChI is InChI=1S/C14H14BrClFNO5S/c1-14(9-4-3-8(17)7-10(9)16)12(20)11(19)13(23-14)18-24(21,22)6-2-5-15/h3-4,7,18-19H,2,5-6H2,1H3. The predicted octanol–water partition coefficient (Wildman–Crippen LogP) is 2.73. The molecule has 0 saturated heterocycles. The molecule has 0 spiro atoms. The third kappa shape index (κ3) is 3.68. The minimum atomic E-state index is -3.80. The number of hydrogen-bond acceptors (Lipinski definition) is 5. The van der Waals surface area contributed by atoms with Crippen LogP contribution in [-0.4, -0.2) is 30.4 Å². The lowest BCUT2D eigenvalue weighted by atomic mass is 9.91. The molecule has 0 fully saturated rings. The van der Waals surface area contributed by atoms with Crippen molar-refractivity contribution in [1.29, 1.82) is 0 Å². The van der Waals surface area contributed by atoms with E-state index in [4.69, 9.17) is 16.3 Å². The van der Waals surface area contributed by atoms with Gasteiger partial charge in [-0.25, -0.2) is 12.8 Å². The quantitative estimate of drug-likeness (QED) is 0.661. The summed E-state index contributed by atoms with van der Waals surface area (Å²) in [6.45, 7) is 1.31. The first-order chi connectivity index (χ1) is 11.1. The Morgan fingerprint density at radius 3 is 2.71 bits per heavy atom. The molecule has 0 bridgehead atoms. The molecule has 1 unspecified atom stereocenters. The molecule has 2 N–H and O–H groups in total. The van der Waals surface area contributed by atoms with E-state index in [2.05, 4.69) is 15.9 Å². The van der Waals surface area contributed by atoms with Crippen molar-refractivity contribution in [2.75, 3.05) is 11.1 Å². The van der Waals surface area contributed by atoms with Crippen LogP contribution in [0.3, 0.4) is 0 Å². The van der Waals surface area contributed by atoms with E-state index in [1.54, 1.807) is 0 Å². The summed E-state index contributed by atoms with van der Waals surface area (Å²) in [6, 6.07) is 3.32. The lowest BCUT2D eigenvalue weighted by molar-refractivity contribution is -0.131. The van der Waals surface area contributed by atoms with Gasteiger partial charge in [0.1, 0.15) is 5.82 Å². The predicted molar refractivity (Wildman–Crippen MR) is 89.8 cm³/mol. The van der Waals surface area contributed by atoms with Crippen LogP contribution in [-0.2, 0) is 25.2 Å². The van der Waals surface area contributed by atoms with E-state index in [0.29, 0.717) is 11.8 Å². The minimum absolute atomic E-state index is 0.0814. The largest absolute Gasteiger partial charge is 0.501 e. The fourth-order valence-electron chi connectivity index (χ4n) is 2.19. The molecule has 0 radical (unpaired) electrons. The Kier molecular flexibility index (Phi) is 5.46. The third-order valence-electron chi connectivity index (χ3n) is 3.41. The Labute approximate surface area is 151 Å². The average molecular weight is 443 g/mol. The van der Waals surface area contributed by atoms with Crippen LogP contribution in [0.1, 0.15) is 18.9 Å². The van der Waals surface area contributed by atoms with E-state index in [-0.39, 0.29) is 16.3 Å². The van der Waals surface area contributed by atoms with Gasteiger partial charge in [-0.1, -0.05) is 33.6 Å². The normalized spacial score (nSPS) is 21.1. The minimum Gasteiger partial charge on any atom is -0.501 e. The maximum absolute atomic E-state index is 13.2. The summed E-state index contributed by atoms with van der Waals surface area (Å²) in [7, 11) is -3.80. The number of carbonyl (C=O) groups is 1. The van der Waals surface area contributed by atoms with Crippen molar-refractivity contribution in [3.8, 4) is 0 Å². The van der Waals surface area contributed by atoms with Gasteiger partial charge in [0, 0.05) is 10.9 Å². The fraction of sp³-hybridized carbons (Fsp3) is 0.357. The Morgan fingerprint density at radius 2 is 2.12 bits per heavy atom. The summed E-state index contributed by atoms with van der Waals surface area (Å²) in [4.78, 5) is 12.3. The lowest BCUT2D eigenvalue weighted by Crippen LogP contribution is -2.33. The fourth-order valence-corrected chi connectivity index (χ4v) is 4.23. The molecule has 1 aliphatic heterocycles. The van der Waals surface area contributed by atoms with Gasteiger partial charge in [-0.15, -0.1) is 0 Å². The molecule has 0 amide bonds. The second-order valence-electron chi connectivity index (χ2n) is 5.23. The highest BCUT2D eigenvalue weighted by Crippen LogP contribution is 2.40. The van der Waals surface area contributed by atoms with Crippen LogP contribution in [0.5, 0.6) is 0 Å². The van der Waals surface area contributed by atoms with Gasteiger partial charge in [0.05, 0.1) is 10.8 Å². The third-order valence-corrected chi connectivity index (χ3v) is 5.61. The smallest absolute Gasteiger partial charge is 0.250 e. The van der Waals surface area contributed by atoms with Crippen LogP contribution in [0.4, 0.5) is 4.39 Å². The van der Waals surface area contributed by atoms with Crippen molar-refractivity contribution < 1.29 is 27.4 Å². The van der Waals surface area contributed by atoms with Crippen LogP contribution in [0, 0.1) is 5.82 Å². The van der Waals surface area contributed by atoms with Crippen molar-refractivity contribution in [2.45, 2.75) is 18.9 Å². The monoisotopic (exact) mass is 441 g/mol. The van der Waals surface area contributed by atoms with Gasteiger partial charge in [0.15, 0.2) is 0 Å². The molecule has 132 valence electrons. The molecule has 2 rings (SSSR count). The van der Waals surface area contributed by atoms with Crippen LogP contribution in [0.15, 0.2) is 29.8 Å². The summed E-state index contributed by atoms with van der Waals surface area (Å²) >= 11 is 9.06.